The first-order chi connectivity index (χ1) is 14.7. The number of benzene rings is 3. The number of para-hydroxylation sites is 2. The maximum absolute atomic E-state index is 12.5. The van der Waals surface area contributed by atoms with E-state index in [0.717, 1.165) is 5.75 Å². The summed E-state index contributed by atoms with van der Waals surface area (Å²) in [5.74, 6) is 1.05. The molecule has 1 atom stereocenters. The molecule has 0 radical (unpaired) electrons. The smallest absolute Gasteiger partial charge is 0.249 e. The van der Waals surface area contributed by atoms with E-state index in [0.29, 0.717) is 17.1 Å². The first-order valence-corrected chi connectivity index (χ1v) is 9.49. The van der Waals surface area contributed by atoms with Crippen LogP contribution in [0.1, 0.15) is 6.42 Å². The SMILES string of the molecule is O=C1C[C@H](C(=O)Nc2ccccc2)N=C(Nc2ccc(Oc3ccccc3)cc2)N1. The highest BCUT2D eigenvalue weighted by atomic mass is 16.5. The maximum atomic E-state index is 12.5. The molecule has 0 fully saturated rings. The first-order valence-electron chi connectivity index (χ1n) is 9.49. The highest BCUT2D eigenvalue weighted by Crippen LogP contribution is 2.22. The van der Waals surface area contributed by atoms with Crippen LogP contribution >= 0.6 is 0 Å². The summed E-state index contributed by atoms with van der Waals surface area (Å²) in [7, 11) is 0. The van der Waals surface area contributed by atoms with Crippen LogP contribution in [0.4, 0.5) is 11.4 Å². The Morgan fingerprint density at radius 3 is 2.20 bits per heavy atom. The zero-order valence-corrected chi connectivity index (χ0v) is 16.0. The van der Waals surface area contributed by atoms with Crippen LogP contribution in [0.3, 0.4) is 0 Å². The molecule has 7 heteroatoms. The summed E-state index contributed by atoms with van der Waals surface area (Å²) >= 11 is 0. The number of hydrogen-bond acceptors (Lipinski definition) is 5. The van der Waals surface area contributed by atoms with Crippen molar-refractivity contribution in [2.45, 2.75) is 12.5 Å². The number of hydrogen-bond donors (Lipinski definition) is 3. The molecule has 3 aromatic carbocycles. The van der Waals surface area contributed by atoms with Crippen molar-refractivity contribution in [1.29, 1.82) is 0 Å². The number of nitrogens with one attached hydrogen (secondary N) is 3. The molecule has 1 heterocycles. The zero-order chi connectivity index (χ0) is 20.8. The molecule has 2 amide bonds. The predicted octanol–water partition coefficient (Wildman–Crippen LogP) is 3.77. The number of guanidine groups is 1. The van der Waals surface area contributed by atoms with Gasteiger partial charge in [-0.1, -0.05) is 36.4 Å². The summed E-state index contributed by atoms with van der Waals surface area (Å²) in [4.78, 5) is 28.9. The zero-order valence-electron chi connectivity index (χ0n) is 16.0. The van der Waals surface area contributed by atoms with Crippen LogP contribution in [0.5, 0.6) is 11.5 Å². The van der Waals surface area contributed by atoms with E-state index < -0.39 is 6.04 Å². The minimum atomic E-state index is -0.804. The van der Waals surface area contributed by atoms with Crippen LogP contribution in [0, 0.1) is 0 Å². The number of amides is 2. The molecule has 0 unspecified atom stereocenters. The summed E-state index contributed by atoms with van der Waals surface area (Å²) in [6.45, 7) is 0. The molecule has 1 aliphatic rings. The van der Waals surface area contributed by atoms with Crippen LogP contribution < -0.4 is 20.7 Å². The standard InChI is InChI=1S/C23H20N4O3/c28-21-15-20(22(29)24-16-7-3-1-4-8-16)26-23(27-21)25-17-11-13-19(14-12-17)30-18-9-5-2-6-10-18/h1-14,20H,15H2,(H,24,29)(H2,25,26,27,28)/t20-/m1/s1. The van der Waals surface area contributed by atoms with E-state index in [2.05, 4.69) is 20.9 Å². The van der Waals surface area contributed by atoms with Crippen LogP contribution in [0.25, 0.3) is 0 Å². The molecule has 3 aromatic rings. The van der Waals surface area contributed by atoms with Crippen molar-refractivity contribution in [3.63, 3.8) is 0 Å². The minimum Gasteiger partial charge on any atom is -0.457 e. The molecular weight excluding hydrogens is 380 g/mol. The van der Waals surface area contributed by atoms with Gasteiger partial charge in [-0.3, -0.25) is 14.9 Å². The molecular formula is C23H20N4O3. The lowest BCUT2D eigenvalue weighted by atomic mass is 10.1. The lowest BCUT2D eigenvalue weighted by Crippen LogP contribution is -2.45. The van der Waals surface area contributed by atoms with Crippen molar-refractivity contribution in [2.24, 2.45) is 4.99 Å². The molecule has 7 nitrogen and oxygen atoms in total. The molecule has 3 N–H and O–H groups in total. The van der Waals surface area contributed by atoms with Gasteiger partial charge in [0.05, 0.1) is 6.42 Å². The van der Waals surface area contributed by atoms with Gasteiger partial charge in [0.2, 0.25) is 17.8 Å². The quantitative estimate of drug-likeness (QED) is 0.608. The third-order valence-electron chi connectivity index (χ3n) is 4.36. The third kappa shape index (κ3) is 5.02. The Bertz CT molecular complexity index is 1050. The van der Waals surface area contributed by atoms with E-state index in [-0.39, 0.29) is 24.2 Å². The van der Waals surface area contributed by atoms with Gasteiger partial charge in [-0.15, -0.1) is 0 Å². The highest BCUT2D eigenvalue weighted by Gasteiger charge is 2.27. The second kappa shape index (κ2) is 8.91. The Morgan fingerprint density at radius 2 is 1.50 bits per heavy atom. The monoisotopic (exact) mass is 400 g/mol. The maximum Gasteiger partial charge on any atom is 0.249 e. The molecule has 150 valence electrons. The molecule has 1 aliphatic heterocycles. The van der Waals surface area contributed by atoms with Gasteiger partial charge in [-0.25, -0.2) is 4.99 Å². The summed E-state index contributed by atoms with van der Waals surface area (Å²) in [6, 6.07) is 25.0. The van der Waals surface area contributed by atoms with Crippen LogP contribution in [-0.2, 0) is 9.59 Å². The molecule has 30 heavy (non-hydrogen) atoms. The number of rotatable bonds is 5. The van der Waals surface area contributed by atoms with E-state index in [4.69, 9.17) is 4.74 Å². The van der Waals surface area contributed by atoms with Crippen molar-refractivity contribution in [2.75, 3.05) is 10.6 Å². The minimum absolute atomic E-state index is 0.00625. The topological polar surface area (TPSA) is 91.8 Å². The number of aliphatic imine (C=N–C) groups is 1. The normalized spacial score (nSPS) is 15.5. The molecule has 0 saturated carbocycles. The van der Waals surface area contributed by atoms with Crippen molar-refractivity contribution < 1.29 is 14.3 Å². The Morgan fingerprint density at radius 1 is 0.867 bits per heavy atom. The Balaban J connectivity index is 1.41. The van der Waals surface area contributed by atoms with Crippen molar-refractivity contribution in [3.8, 4) is 11.5 Å². The number of carbonyl (C=O) groups excluding carboxylic acids is 2. The van der Waals surface area contributed by atoms with E-state index in [1.165, 1.54) is 0 Å². The van der Waals surface area contributed by atoms with E-state index in [1.807, 2.05) is 48.5 Å². The average molecular weight is 400 g/mol. The molecule has 0 bridgehead atoms. The fourth-order valence-corrected chi connectivity index (χ4v) is 2.92. The third-order valence-corrected chi connectivity index (χ3v) is 4.36. The molecule has 0 saturated heterocycles. The van der Waals surface area contributed by atoms with E-state index in [9.17, 15) is 9.59 Å². The lowest BCUT2D eigenvalue weighted by molar-refractivity contribution is -0.124. The van der Waals surface area contributed by atoms with Gasteiger partial charge in [0.15, 0.2) is 0 Å². The van der Waals surface area contributed by atoms with Crippen molar-refractivity contribution >= 4 is 29.1 Å². The molecule has 0 aliphatic carbocycles. The second-order valence-corrected chi connectivity index (χ2v) is 6.67. The number of anilines is 2. The van der Waals surface area contributed by atoms with Crippen molar-refractivity contribution in [1.82, 2.24) is 5.32 Å². The van der Waals surface area contributed by atoms with Gasteiger partial charge < -0.3 is 15.4 Å². The van der Waals surface area contributed by atoms with Gasteiger partial charge in [0.25, 0.3) is 0 Å². The predicted molar refractivity (Wildman–Crippen MR) is 116 cm³/mol. The van der Waals surface area contributed by atoms with Gasteiger partial charge in [0, 0.05) is 11.4 Å². The fourth-order valence-electron chi connectivity index (χ4n) is 2.92. The fraction of sp³-hybridized carbons (Fsp3) is 0.0870. The van der Waals surface area contributed by atoms with E-state index in [1.54, 1.807) is 36.4 Å². The molecule has 0 spiro atoms. The van der Waals surface area contributed by atoms with Crippen LogP contribution in [-0.4, -0.2) is 23.8 Å². The molecule has 4 rings (SSSR count). The Kier molecular flexibility index (Phi) is 5.70. The first kappa shape index (κ1) is 19.2. The van der Waals surface area contributed by atoms with E-state index >= 15 is 0 Å². The summed E-state index contributed by atoms with van der Waals surface area (Å²) in [5, 5.41) is 8.47. The van der Waals surface area contributed by atoms with Gasteiger partial charge >= 0.3 is 0 Å². The van der Waals surface area contributed by atoms with Crippen LogP contribution in [0.2, 0.25) is 0 Å². The average Bonchev–Trinajstić information content (AvgIpc) is 2.76. The van der Waals surface area contributed by atoms with Crippen LogP contribution in [0.15, 0.2) is 89.9 Å². The Hall–Kier alpha value is -4.13. The van der Waals surface area contributed by atoms with Gasteiger partial charge in [0.1, 0.15) is 17.5 Å². The summed E-state index contributed by atoms with van der Waals surface area (Å²) in [6.07, 6.45) is -0.00625. The van der Waals surface area contributed by atoms with Crippen molar-refractivity contribution in [3.05, 3.63) is 84.9 Å². The largest absolute Gasteiger partial charge is 0.457 e. The highest BCUT2D eigenvalue weighted by molar-refractivity contribution is 6.10. The lowest BCUT2D eigenvalue weighted by Gasteiger charge is -2.21. The number of nitrogens with zero attached hydrogens (tertiary/aromatic N) is 1. The number of carbonyl (C=O) groups is 2. The molecule has 0 aromatic heterocycles. The number of ether oxygens (including phenoxy) is 1. The van der Waals surface area contributed by atoms with Gasteiger partial charge in [-0.05, 0) is 48.5 Å². The summed E-state index contributed by atoms with van der Waals surface area (Å²) < 4.78 is 5.76. The Labute approximate surface area is 173 Å². The summed E-state index contributed by atoms with van der Waals surface area (Å²) in [5.41, 5.74) is 1.37. The van der Waals surface area contributed by atoms with Gasteiger partial charge in [-0.2, -0.15) is 0 Å². The second-order valence-electron chi connectivity index (χ2n) is 6.67.